The molecule has 0 atom stereocenters. The molecule has 0 fully saturated rings. The Bertz CT molecular complexity index is 576. The van der Waals surface area contributed by atoms with Crippen molar-refractivity contribution in [2.24, 2.45) is 4.99 Å². The number of aryl methyl sites for hydroxylation is 1. The van der Waals surface area contributed by atoms with E-state index in [1.54, 1.807) is 0 Å². The largest absolute Gasteiger partial charge is 0.491 e. The van der Waals surface area contributed by atoms with E-state index in [4.69, 9.17) is 9.47 Å². The minimum absolute atomic E-state index is 0.253. The van der Waals surface area contributed by atoms with E-state index >= 15 is 0 Å². The molecule has 1 aromatic carbocycles. The topological polar surface area (TPSA) is 81.2 Å². The average Bonchev–Trinajstić information content (AvgIpc) is 2.64. The number of guanidine groups is 1. The molecule has 1 rings (SSSR count). The zero-order chi connectivity index (χ0) is 19.2. The Balaban J connectivity index is 2.69. The third-order valence-corrected chi connectivity index (χ3v) is 3.51. The van der Waals surface area contributed by atoms with Gasteiger partial charge in [0.15, 0.2) is 5.96 Å². The molecular formula is C19H31N3O4. The molecule has 7 heteroatoms. The lowest BCUT2D eigenvalue weighted by Crippen LogP contribution is -2.38. The van der Waals surface area contributed by atoms with Gasteiger partial charge in [-0.15, -0.1) is 0 Å². The minimum atomic E-state index is -0.253. The number of esters is 1. The van der Waals surface area contributed by atoms with Crippen molar-refractivity contribution in [1.29, 1.82) is 0 Å². The fraction of sp³-hybridized carbons (Fsp3) is 0.579. The fourth-order valence-electron chi connectivity index (χ4n) is 2.17. The molecule has 0 amide bonds. The summed E-state index contributed by atoms with van der Waals surface area (Å²) in [6.45, 7) is 9.39. The van der Waals surface area contributed by atoms with Crippen molar-refractivity contribution in [3.63, 3.8) is 0 Å². The smallest absolute Gasteiger partial charge is 0.307 e. The van der Waals surface area contributed by atoms with Gasteiger partial charge in [0.2, 0.25) is 0 Å². The van der Waals surface area contributed by atoms with Crippen LogP contribution in [0.3, 0.4) is 0 Å². The molecule has 0 spiro atoms. The fourth-order valence-corrected chi connectivity index (χ4v) is 2.17. The summed E-state index contributed by atoms with van der Waals surface area (Å²) in [5.41, 5.74) is 2.13. The van der Waals surface area contributed by atoms with Crippen molar-refractivity contribution in [2.45, 2.75) is 33.7 Å². The third-order valence-electron chi connectivity index (χ3n) is 3.51. The predicted molar refractivity (Wildman–Crippen MR) is 103 cm³/mol. The monoisotopic (exact) mass is 365 g/mol. The van der Waals surface area contributed by atoms with Crippen molar-refractivity contribution in [3.05, 3.63) is 29.3 Å². The van der Waals surface area contributed by atoms with Gasteiger partial charge in [-0.1, -0.05) is 12.1 Å². The standard InChI is InChI=1S/C19H31N3O4/c1-5-20-19(21-10-9-18(23)24-4)22-14-16-8-7-15(3)13-17(16)26-12-11-25-6-2/h7-8,13H,5-6,9-12,14H2,1-4H3,(H2,20,21,22). The second-order valence-electron chi connectivity index (χ2n) is 5.60. The normalized spacial score (nSPS) is 11.2. The number of nitrogens with zero attached hydrogens (tertiary/aromatic N) is 1. The van der Waals surface area contributed by atoms with E-state index in [1.807, 2.05) is 39.0 Å². The first-order valence-corrected chi connectivity index (χ1v) is 8.99. The van der Waals surface area contributed by atoms with Gasteiger partial charge in [0.25, 0.3) is 0 Å². The average molecular weight is 365 g/mol. The summed E-state index contributed by atoms with van der Waals surface area (Å²) in [6.07, 6.45) is 0.289. The van der Waals surface area contributed by atoms with E-state index in [1.165, 1.54) is 7.11 Å². The maximum Gasteiger partial charge on any atom is 0.307 e. The van der Waals surface area contributed by atoms with E-state index in [0.717, 1.165) is 23.4 Å². The van der Waals surface area contributed by atoms with E-state index in [2.05, 4.69) is 20.4 Å². The molecule has 2 N–H and O–H groups in total. The summed E-state index contributed by atoms with van der Waals surface area (Å²) in [7, 11) is 1.38. The second-order valence-corrected chi connectivity index (χ2v) is 5.60. The molecule has 0 aliphatic heterocycles. The lowest BCUT2D eigenvalue weighted by Gasteiger charge is -2.13. The van der Waals surface area contributed by atoms with Gasteiger partial charge in [-0.25, -0.2) is 4.99 Å². The Morgan fingerprint density at radius 3 is 2.69 bits per heavy atom. The Morgan fingerprint density at radius 1 is 1.19 bits per heavy atom. The van der Waals surface area contributed by atoms with Crippen LogP contribution in [0, 0.1) is 6.92 Å². The molecule has 0 saturated heterocycles. The molecule has 0 radical (unpaired) electrons. The lowest BCUT2D eigenvalue weighted by molar-refractivity contribution is -0.140. The van der Waals surface area contributed by atoms with Gasteiger partial charge < -0.3 is 24.8 Å². The second kappa shape index (κ2) is 13.0. The number of ether oxygens (including phenoxy) is 3. The van der Waals surface area contributed by atoms with E-state index in [9.17, 15) is 4.79 Å². The first-order valence-electron chi connectivity index (χ1n) is 8.99. The van der Waals surface area contributed by atoms with Crippen LogP contribution < -0.4 is 15.4 Å². The lowest BCUT2D eigenvalue weighted by atomic mass is 10.1. The zero-order valence-electron chi connectivity index (χ0n) is 16.3. The molecule has 0 bridgehead atoms. The van der Waals surface area contributed by atoms with Crippen molar-refractivity contribution in [2.75, 3.05) is 40.0 Å². The summed E-state index contributed by atoms with van der Waals surface area (Å²) < 4.78 is 15.8. The Labute approximate surface area is 156 Å². The number of nitrogens with one attached hydrogen (secondary N) is 2. The molecule has 146 valence electrons. The summed E-state index contributed by atoms with van der Waals surface area (Å²) in [4.78, 5) is 15.8. The SMILES string of the molecule is CCNC(=NCc1ccc(C)cc1OCCOCC)NCCC(=O)OC. The zero-order valence-corrected chi connectivity index (χ0v) is 16.3. The van der Waals surface area contributed by atoms with Gasteiger partial charge in [0, 0.05) is 25.3 Å². The van der Waals surface area contributed by atoms with Gasteiger partial charge in [-0.2, -0.15) is 0 Å². The number of hydrogen-bond donors (Lipinski definition) is 2. The molecule has 0 saturated carbocycles. The van der Waals surface area contributed by atoms with Crippen LogP contribution in [0.1, 0.15) is 31.4 Å². The van der Waals surface area contributed by atoms with E-state index < -0.39 is 0 Å². The van der Waals surface area contributed by atoms with Gasteiger partial charge >= 0.3 is 5.97 Å². The number of aliphatic imine (C=N–C) groups is 1. The number of methoxy groups -OCH3 is 1. The van der Waals surface area contributed by atoms with Crippen LogP contribution >= 0.6 is 0 Å². The van der Waals surface area contributed by atoms with Crippen molar-refractivity contribution in [3.8, 4) is 5.75 Å². The highest BCUT2D eigenvalue weighted by molar-refractivity contribution is 5.80. The Kier molecular flexibility index (Phi) is 10.9. The van der Waals surface area contributed by atoms with Crippen molar-refractivity contribution >= 4 is 11.9 Å². The van der Waals surface area contributed by atoms with Crippen molar-refractivity contribution in [1.82, 2.24) is 10.6 Å². The van der Waals surface area contributed by atoms with E-state index in [-0.39, 0.29) is 12.4 Å². The number of benzene rings is 1. The first-order chi connectivity index (χ1) is 12.6. The van der Waals surface area contributed by atoms with Crippen LogP contribution in [0.4, 0.5) is 0 Å². The summed E-state index contributed by atoms with van der Waals surface area (Å²) >= 11 is 0. The minimum Gasteiger partial charge on any atom is -0.491 e. The molecule has 0 heterocycles. The highest BCUT2D eigenvalue weighted by atomic mass is 16.5. The van der Waals surface area contributed by atoms with Crippen LogP contribution in [-0.2, 0) is 20.8 Å². The number of carbonyl (C=O) groups is 1. The highest BCUT2D eigenvalue weighted by Crippen LogP contribution is 2.21. The molecule has 26 heavy (non-hydrogen) atoms. The predicted octanol–water partition coefficient (Wildman–Crippen LogP) is 2.03. The third kappa shape index (κ3) is 8.71. The summed E-state index contributed by atoms with van der Waals surface area (Å²) in [6, 6.07) is 6.07. The summed E-state index contributed by atoms with van der Waals surface area (Å²) in [5, 5.41) is 6.29. The maximum atomic E-state index is 11.2. The summed E-state index contributed by atoms with van der Waals surface area (Å²) in [5.74, 6) is 1.22. The maximum absolute atomic E-state index is 11.2. The molecule has 0 aliphatic carbocycles. The Hall–Kier alpha value is -2.28. The molecule has 0 unspecified atom stereocenters. The van der Waals surface area contributed by atoms with Gasteiger partial charge in [0.05, 0.1) is 26.7 Å². The number of carbonyl (C=O) groups excluding carboxylic acids is 1. The highest BCUT2D eigenvalue weighted by Gasteiger charge is 2.06. The quantitative estimate of drug-likeness (QED) is 0.270. The van der Waals surface area contributed by atoms with Gasteiger partial charge in [0.1, 0.15) is 12.4 Å². The molecule has 0 aromatic heterocycles. The van der Waals surface area contributed by atoms with Crippen molar-refractivity contribution < 1.29 is 19.0 Å². The molecule has 1 aromatic rings. The van der Waals surface area contributed by atoms with Crippen LogP contribution in [0.25, 0.3) is 0 Å². The van der Waals surface area contributed by atoms with Crippen LogP contribution in [0.2, 0.25) is 0 Å². The van der Waals surface area contributed by atoms with Crippen LogP contribution in [-0.4, -0.2) is 51.9 Å². The number of hydrogen-bond acceptors (Lipinski definition) is 5. The van der Waals surface area contributed by atoms with Crippen LogP contribution in [0.5, 0.6) is 5.75 Å². The van der Waals surface area contributed by atoms with E-state index in [0.29, 0.717) is 38.9 Å². The van der Waals surface area contributed by atoms with Gasteiger partial charge in [-0.05, 0) is 32.4 Å². The Morgan fingerprint density at radius 2 is 2.00 bits per heavy atom. The number of rotatable bonds is 11. The van der Waals surface area contributed by atoms with Crippen LogP contribution in [0.15, 0.2) is 23.2 Å². The van der Waals surface area contributed by atoms with Gasteiger partial charge in [-0.3, -0.25) is 4.79 Å². The first kappa shape index (κ1) is 21.8. The molecule has 7 nitrogen and oxygen atoms in total. The molecule has 0 aliphatic rings. The molecular weight excluding hydrogens is 334 g/mol.